The highest BCUT2D eigenvalue weighted by Crippen LogP contribution is 1.96. The summed E-state index contributed by atoms with van der Waals surface area (Å²) in [5.74, 6) is -2.52. The molecule has 0 aliphatic carbocycles. The molecule has 0 bridgehead atoms. The summed E-state index contributed by atoms with van der Waals surface area (Å²) in [5, 5.41) is 2.35. The van der Waals surface area contributed by atoms with Gasteiger partial charge in [-0.25, -0.2) is 4.79 Å². The molecule has 0 aromatic heterocycles. The summed E-state index contributed by atoms with van der Waals surface area (Å²) in [6, 6.07) is -1.01. The number of rotatable bonds is 8. The molecule has 0 aromatic carbocycles. The quantitative estimate of drug-likeness (QED) is 0.401. The fourth-order valence-corrected chi connectivity index (χ4v) is 1.45. The van der Waals surface area contributed by atoms with Gasteiger partial charge in [-0.2, -0.15) is 0 Å². The van der Waals surface area contributed by atoms with Crippen LogP contribution >= 0.6 is 0 Å². The van der Waals surface area contributed by atoms with Gasteiger partial charge in [-0.15, -0.1) is 0 Å². The Hall–Kier alpha value is -2.16. The van der Waals surface area contributed by atoms with Crippen LogP contribution in [0, 0.1) is 0 Å². The molecule has 0 spiro atoms. The Morgan fingerprint density at radius 2 is 1.63 bits per heavy atom. The molecule has 0 rings (SSSR count). The number of hydrogen-bond donors (Lipinski definition) is 3. The van der Waals surface area contributed by atoms with Crippen molar-refractivity contribution in [1.82, 2.24) is 10.2 Å². The van der Waals surface area contributed by atoms with E-state index in [1.807, 2.05) is 0 Å². The monoisotopic (exact) mass is 274 g/mol. The molecule has 0 saturated carbocycles. The van der Waals surface area contributed by atoms with Crippen molar-refractivity contribution in [1.29, 1.82) is 0 Å². The van der Waals surface area contributed by atoms with Gasteiger partial charge in [-0.05, 0) is 0 Å². The minimum atomic E-state index is -1.01. The lowest BCUT2D eigenvalue weighted by molar-refractivity contribution is -0.146. The van der Waals surface area contributed by atoms with Crippen LogP contribution in [0.5, 0.6) is 0 Å². The Bertz CT molecular complexity index is 355. The summed E-state index contributed by atoms with van der Waals surface area (Å²) < 4.78 is 4.51. The first-order valence-corrected chi connectivity index (χ1v) is 5.40. The lowest BCUT2D eigenvalue weighted by Crippen LogP contribution is -2.51. The molecule has 0 saturated heterocycles. The van der Waals surface area contributed by atoms with Gasteiger partial charge >= 0.3 is 5.97 Å². The maximum Gasteiger partial charge on any atom is 0.329 e. The summed E-state index contributed by atoms with van der Waals surface area (Å²) in [6.07, 6.45) is 0. The molecule has 0 aliphatic heterocycles. The summed E-state index contributed by atoms with van der Waals surface area (Å²) in [5.41, 5.74) is 10.0. The Kier molecular flexibility index (Phi) is 7.12. The van der Waals surface area contributed by atoms with Crippen LogP contribution in [0.3, 0.4) is 0 Å². The van der Waals surface area contributed by atoms with E-state index in [2.05, 4.69) is 10.1 Å². The van der Waals surface area contributed by atoms with Crippen LogP contribution in [0.2, 0.25) is 0 Å². The van der Waals surface area contributed by atoms with E-state index in [9.17, 15) is 19.2 Å². The largest absolute Gasteiger partial charge is 0.467 e. The average molecular weight is 274 g/mol. The number of carbonyl (C=O) groups excluding carboxylic acids is 4. The van der Waals surface area contributed by atoms with E-state index in [1.54, 1.807) is 0 Å². The molecular weight excluding hydrogens is 256 g/mol. The first-order valence-electron chi connectivity index (χ1n) is 5.40. The predicted molar refractivity (Wildman–Crippen MR) is 64.4 cm³/mol. The molecule has 9 nitrogen and oxygen atoms in total. The first-order chi connectivity index (χ1) is 8.76. The molecule has 0 aromatic rings. The number of hydrogen-bond acceptors (Lipinski definition) is 6. The van der Waals surface area contributed by atoms with Gasteiger partial charge in [0.15, 0.2) is 0 Å². The number of primary amides is 2. The van der Waals surface area contributed by atoms with E-state index < -0.39 is 29.7 Å². The Morgan fingerprint density at radius 1 is 1.16 bits per heavy atom. The van der Waals surface area contributed by atoms with Crippen LogP contribution in [0.15, 0.2) is 0 Å². The summed E-state index contributed by atoms with van der Waals surface area (Å²) in [6.45, 7) is 0.576. The van der Waals surface area contributed by atoms with Crippen LogP contribution in [0.25, 0.3) is 0 Å². The van der Waals surface area contributed by atoms with Gasteiger partial charge < -0.3 is 21.5 Å². The summed E-state index contributed by atoms with van der Waals surface area (Å²) in [7, 11) is 1.16. The SMILES string of the molecule is COC(=O)C(CN(CC(N)=O)CC(N)=O)NC(C)=O. The van der Waals surface area contributed by atoms with Gasteiger partial charge in [-0.1, -0.05) is 0 Å². The summed E-state index contributed by atoms with van der Waals surface area (Å²) >= 11 is 0. The van der Waals surface area contributed by atoms with Crippen LogP contribution in [0.4, 0.5) is 0 Å². The smallest absolute Gasteiger partial charge is 0.329 e. The second-order valence-corrected chi connectivity index (χ2v) is 3.88. The second-order valence-electron chi connectivity index (χ2n) is 3.88. The van der Waals surface area contributed by atoms with Crippen molar-refractivity contribution in [3.63, 3.8) is 0 Å². The molecule has 1 atom stereocenters. The third-order valence-corrected chi connectivity index (χ3v) is 2.06. The molecule has 19 heavy (non-hydrogen) atoms. The minimum Gasteiger partial charge on any atom is -0.467 e. The van der Waals surface area contributed by atoms with E-state index >= 15 is 0 Å². The fourth-order valence-electron chi connectivity index (χ4n) is 1.45. The highest BCUT2D eigenvalue weighted by atomic mass is 16.5. The average Bonchev–Trinajstić information content (AvgIpc) is 2.24. The van der Waals surface area contributed by atoms with Crippen molar-refractivity contribution in [3.8, 4) is 0 Å². The fraction of sp³-hybridized carbons (Fsp3) is 0.600. The summed E-state index contributed by atoms with van der Waals surface area (Å²) in [4.78, 5) is 45.4. The van der Waals surface area contributed by atoms with Gasteiger partial charge in [0, 0.05) is 13.5 Å². The topological polar surface area (TPSA) is 145 Å². The molecule has 1 unspecified atom stereocenters. The van der Waals surface area contributed by atoms with E-state index in [0.717, 1.165) is 7.11 Å². The number of methoxy groups -OCH3 is 1. The first kappa shape index (κ1) is 16.8. The molecule has 3 amide bonds. The Balaban J connectivity index is 4.79. The zero-order valence-electron chi connectivity index (χ0n) is 10.8. The van der Waals surface area contributed by atoms with Crippen molar-refractivity contribution < 1.29 is 23.9 Å². The predicted octanol–water partition coefficient (Wildman–Crippen LogP) is -3.06. The van der Waals surface area contributed by atoms with Crippen molar-refractivity contribution >= 4 is 23.7 Å². The molecule has 9 heteroatoms. The van der Waals surface area contributed by atoms with Crippen LogP contribution in [-0.4, -0.2) is 61.4 Å². The van der Waals surface area contributed by atoms with E-state index in [4.69, 9.17) is 11.5 Å². The normalized spacial score (nSPS) is 11.7. The highest BCUT2D eigenvalue weighted by Gasteiger charge is 2.24. The van der Waals surface area contributed by atoms with Gasteiger partial charge in [0.05, 0.1) is 20.2 Å². The third kappa shape index (κ3) is 7.71. The molecule has 0 radical (unpaired) electrons. The van der Waals surface area contributed by atoms with Gasteiger partial charge in [0.1, 0.15) is 6.04 Å². The third-order valence-electron chi connectivity index (χ3n) is 2.06. The lowest BCUT2D eigenvalue weighted by atomic mass is 10.2. The van der Waals surface area contributed by atoms with E-state index in [1.165, 1.54) is 11.8 Å². The number of nitrogens with two attached hydrogens (primary N) is 2. The number of carbonyl (C=O) groups is 4. The van der Waals surface area contributed by atoms with Crippen LogP contribution < -0.4 is 16.8 Å². The standard InChI is InChI=1S/C10H18N4O5/c1-6(15)13-7(10(18)19-2)3-14(4-8(11)16)5-9(12)17/h7H,3-5H2,1-2H3,(H2,11,16)(H2,12,17)(H,13,15). The van der Waals surface area contributed by atoms with Crippen LogP contribution in [-0.2, 0) is 23.9 Å². The number of amides is 3. The van der Waals surface area contributed by atoms with E-state index in [0.29, 0.717) is 0 Å². The lowest BCUT2D eigenvalue weighted by Gasteiger charge is -2.24. The molecular formula is C10H18N4O5. The molecule has 0 heterocycles. The highest BCUT2D eigenvalue weighted by molar-refractivity contribution is 5.84. The molecule has 5 N–H and O–H groups in total. The maximum atomic E-state index is 11.5. The maximum absolute atomic E-state index is 11.5. The number of esters is 1. The van der Waals surface area contributed by atoms with Gasteiger partial charge in [-0.3, -0.25) is 19.3 Å². The number of nitrogens with one attached hydrogen (secondary N) is 1. The van der Waals surface area contributed by atoms with Crippen molar-refractivity contribution in [2.45, 2.75) is 13.0 Å². The van der Waals surface area contributed by atoms with Crippen LogP contribution in [0.1, 0.15) is 6.92 Å². The Morgan fingerprint density at radius 3 is 1.95 bits per heavy atom. The second kappa shape index (κ2) is 8.03. The Labute approximate surface area is 110 Å². The van der Waals surface area contributed by atoms with Gasteiger partial charge in [0.25, 0.3) is 0 Å². The number of ether oxygens (including phenoxy) is 1. The van der Waals surface area contributed by atoms with Crippen molar-refractivity contribution in [2.75, 3.05) is 26.7 Å². The number of nitrogens with zero attached hydrogens (tertiary/aromatic N) is 1. The van der Waals surface area contributed by atoms with E-state index in [-0.39, 0.29) is 19.6 Å². The molecule has 108 valence electrons. The van der Waals surface area contributed by atoms with Gasteiger partial charge in [0.2, 0.25) is 17.7 Å². The zero-order valence-corrected chi connectivity index (χ0v) is 10.8. The molecule has 0 aliphatic rings. The zero-order chi connectivity index (χ0) is 15.0. The molecule has 0 fully saturated rings. The minimum absolute atomic E-state index is 0.113. The van der Waals surface area contributed by atoms with Crippen molar-refractivity contribution in [2.24, 2.45) is 11.5 Å². The van der Waals surface area contributed by atoms with Crippen molar-refractivity contribution in [3.05, 3.63) is 0 Å².